The van der Waals surface area contributed by atoms with E-state index in [1.165, 1.54) is 11.3 Å². The van der Waals surface area contributed by atoms with E-state index in [9.17, 15) is 9.59 Å². The number of carbonyl (C=O) groups is 2. The molecule has 0 radical (unpaired) electrons. The van der Waals surface area contributed by atoms with Gasteiger partial charge in [-0.2, -0.15) is 0 Å². The smallest absolute Gasteiger partial charge is 0.242 e. The number of rotatable bonds is 4. The summed E-state index contributed by atoms with van der Waals surface area (Å²) in [6.45, 7) is 10.9. The van der Waals surface area contributed by atoms with E-state index in [2.05, 4.69) is 13.8 Å². The second-order valence-corrected chi connectivity index (χ2v) is 6.25. The molecule has 1 saturated heterocycles. The maximum atomic E-state index is 11.7. The van der Waals surface area contributed by atoms with Crippen LogP contribution in [0, 0.1) is 0 Å². The molecule has 17 heavy (non-hydrogen) atoms. The quantitative estimate of drug-likeness (QED) is 0.728. The van der Waals surface area contributed by atoms with Gasteiger partial charge in [0.2, 0.25) is 11.8 Å². The number of amides is 2. The van der Waals surface area contributed by atoms with Gasteiger partial charge in [0.25, 0.3) is 0 Å². The number of hydrogen-bond donors (Lipinski definition) is 0. The van der Waals surface area contributed by atoms with Crippen LogP contribution in [0.4, 0.5) is 0 Å². The molecule has 0 saturated carbocycles. The van der Waals surface area contributed by atoms with E-state index < -0.39 is 0 Å². The molecule has 2 amide bonds. The van der Waals surface area contributed by atoms with Crippen LogP contribution in [-0.2, 0) is 9.59 Å². The van der Waals surface area contributed by atoms with Gasteiger partial charge in [-0.1, -0.05) is 41.0 Å². The normalized spacial score (nSPS) is 19.6. The number of thioether (sulfide) groups is 1. The predicted molar refractivity (Wildman–Crippen MR) is 74.1 cm³/mol. The van der Waals surface area contributed by atoms with Gasteiger partial charge < -0.3 is 0 Å². The molecular weight excluding hydrogens is 234 g/mol. The minimum absolute atomic E-state index is 0.00463. The van der Waals surface area contributed by atoms with Gasteiger partial charge in [0.05, 0.1) is 5.25 Å². The lowest BCUT2D eigenvalue weighted by molar-refractivity contribution is -0.138. The fraction of sp³-hybridized carbons (Fsp3) is 0.846. The molecule has 1 aliphatic rings. The molecule has 1 heterocycles. The van der Waals surface area contributed by atoms with Crippen LogP contribution in [0.15, 0.2) is 0 Å². The Kier molecular flexibility index (Phi) is 8.30. The van der Waals surface area contributed by atoms with E-state index in [1.54, 1.807) is 11.8 Å². The zero-order valence-electron chi connectivity index (χ0n) is 11.7. The lowest BCUT2D eigenvalue weighted by Gasteiger charge is -2.14. The second kappa shape index (κ2) is 8.56. The summed E-state index contributed by atoms with van der Waals surface area (Å²) in [5.41, 5.74) is 0. The Morgan fingerprint density at radius 1 is 1.29 bits per heavy atom. The molecule has 0 aliphatic carbocycles. The first-order valence-electron chi connectivity index (χ1n) is 6.47. The lowest BCUT2D eigenvalue weighted by atomic mass is 10.3. The Hall–Kier alpha value is -0.510. The van der Waals surface area contributed by atoms with Crippen LogP contribution in [0.3, 0.4) is 0 Å². The zero-order chi connectivity index (χ0) is 13.4. The van der Waals surface area contributed by atoms with Crippen molar-refractivity contribution in [2.45, 2.75) is 64.4 Å². The molecule has 4 heteroatoms. The molecule has 1 unspecified atom stereocenters. The van der Waals surface area contributed by atoms with Crippen molar-refractivity contribution in [1.82, 2.24) is 4.90 Å². The van der Waals surface area contributed by atoms with Gasteiger partial charge in [0.1, 0.15) is 0 Å². The molecule has 0 aromatic carbocycles. The molecule has 0 N–H and O–H groups in total. The predicted octanol–water partition coefficient (Wildman–Crippen LogP) is 3.08. The van der Waals surface area contributed by atoms with Gasteiger partial charge in [0, 0.05) is 13.0 Å². The monoisotopic (exact) mass is 259 g/mol. The molecule has 0 aromatic heterocycles. The fourth-order valence-electron chi connectivity index (χ4n) is 1.55. The number of carbonyl (C=O) groups excluding carboxylic acids is 2. The topological polar surface area (TPSA) is 37.4 Å². The molecule has 0 aromatic rings. The minimum Gasteiger partial charge on any atom is -0.282 e. The summed E-state index contributed by atoms with van der Waals surface area (Å²) in [5, 5.41) is 0.271. The summed E-state index contributed by atoms with van der Waals surface area (Å²) >= 11 is 1.59. The highest BCUT2D eigenvalue weighted by Gasteiger charge is 2.38. The molecular formula is C13H25NO2S. The third-order valence-corrected chi connectivity index (χ3v) is 3.33. The summed E-state index contributed by atoms with van der Waals surface area (Å²) in [6.07, 6.45) is 2.48. The standard InChI is InChI=1S/C10H17NO2S.C3H8/c1-4-5-11-9(12)6-8(10(11)13)14-7(2)3;1-3-2/h7-8H,4-6H2,1-3H3;3H2,1-2H3. The number of likely N-dealkylation sites (tertiary alicyclic amines) is 1. The van der Waals surface area contributed by atoms with Crippen molar-refractivity contribution in [1.29, 1.82) is 0 Å². The van der Waals surface area contributed by atoms with Gasteiger partial charge >= 0.3 is 0 Å². The van der Waals surface area contributed by atoms with Gasteiger partial charge in [-0.3, -0.25) is 14.5 Å². The second-order valence-electron chi connectivity index (χ2n) is 4.47. The molecule has 100 valence electrons. The maximum absolute atomic E-state index is 11.7. The summed E-state index contributed by atoms with van der Waals surface area (Å²) in [5.74, 6) is 0.00514. The summed E-state index contributed by atoms with van der Waals surface area (Å²) in [6, 6.07) is 0. The molecule has 1 rings (SSSR count). The van der Waals surface area contributed by atoms with Crippen LogP contribution >= 0.6 is 11.8 Å². The zero-order valence-corrected chi connectivity index (χ0v) is 12.5. The number of nitrogens with zero attached hydrogens (tertiary/aromatic N) is 1. The highest BCUT2D eigenvalue weighted by Crippen LogP contribution is 2.28. The largest absolute Gasteiger partial charge is 0.282 e. The first-order valence-corrected chi connectivity index (χ1v) is 7.41. The van der Waals surface area contributed by atoms with Crippen LogP contribution in [0.5, 0.6) is 0 Å². The first kappa shape index (κ1) is 16.5. The average molecular weight is 259 g/mol. The Bertz CT molecular complexity index is 254. The van der Waals surface area contributed by atoms with E-state index in [1.807, 2.05) is 20.8 Å². The van der Waals surface area contributed by atoms with E-state index in [0.717, 1.165) is 6.42 Å². The van der Waals surface area contributed by atoms with Crippen molar-refractivity contribution in [3.8, 4) is 0 Å². The molecule has 0 bridgehead atoms. The molecule has 1 atom stereocenters. The number of imide groups is 1. The van der Waals surface area contributed by atoms with Crippen LogP contribution in [0.2, 0.25) is 0 Å². The van der Waals surface area contributed by atoms with E-state index in [0.29, 0.717) is 18.2 Å². The third-order valence-electron chi connectivity index (χ3n) is 2.09. The Balaban J connectivity index is 0.000000770. The van der Waals surface area contributed by atoms with Gasteiger partial charge in [-0.15, -0.1) is 11.8 Å². The molecule has 1 aliphatic heterocycles. The van der Waals surface area contributed by atoms with Crippen LogP contribution in [0.1, 0.15) is 53.9 Å². The maximum Gasteiger partial charge on any atom is 0.242 e. The molecule has 1 fully saturated rings. The Morgan fingerprint density at radius 2 is 1.82 bits per heavy atom. The van der Waals surface area contributed by atoms with Crippen molar-refractivity contribution in [2.24, 2.45) is 0 Å². The fourth-order valence-corrected chi connectivity index (χ4v) is 2.69. The number of hydrogen-bond acceptors (Lipinski definition) is 3. The van der Waals surface area contributed by atoms with E-state index in [4.69, 9.17) is 0 Å². The van der Waals surface area contributed by atoms with Crippen molar-refractivity contribution >= 4 is 23.6 Å². The van der Waals surface area contributed by atoms with E-state index in [-0.39, 0.29) is 17.1 Å². The van der Waals surface area contributed by atoms with Crippen LogP contribution in [-0.4, -0.2) is 33.8 Å². The first-order chi connectivity index (χ1) is 7.97. The van der Waals surface area contributed by atoms with Crippen LogP contribution in [0.25, 0.3) is 0 Å². The summed E-state index contributed by atoms with van der Waals surface area (Å²) < 4.78 is 0. The Labute approximate surface area is 109 Å². The SMILES string of the molecule is CCC.CCCN1C(=O)CC(SC(C)C)C1=O. The summed E-state index contributed by atoms with van der Waals surface area (Å²) in [7, 11) is 0. The van der Waals surface area contributed by atoms with Gasteiger partial charge in [-0.05, 0) is 11.7 Å². The Morgan fingerprint density at radius 3 is 2.24 bits per heavy atom. The van der Waals surface area contributed by atoms with Gasteiger partial charge in [0.15, 0.2) is 0 Å². The average Bonchev–Trinajstić information content (AvgIpc) is 2.47. The summed E-state index contributed by atoms with van der Waals surface area (Å²) in [4.78, 5) is 24.6. The molecule has 3 nitrogen and oxygen atoms in total. The highest BCUT2D eigenvalue weighted by atomic mass is 32.2. The highest BCUT2D eigenvalue weighted by molar-refractivity contribution is 8.01. The van der Waals surface area contributed by atoms with Crippen molar-refractivity contribution in [2.75, 3.05) is 6.54 Å². The lowest BCUT2D eigenvalue weighted by Crippen LogP contribution is -2.32. The van der Waals surface area contributed by atoms with E-state index >= 15 is 0 Å². The molecule has 0 spiro atoms. The minimum atomic E-state index is -0.131. The third kappa shape index (κ3) is 5.57. The van der Waals surface area contributed by atoms with Crippen LogP contribution < -0.4 is 0 Å². The van der Waals surface area contributed by atoms with Crippen molar-refractivity contribution in [3.63, 3.8) is 0 Å². The van der Waals surface area contributed by atoms with Gasteiger partial charge in [-0.25, -0.2) is 0 Å². The van der Waals surface area contributed by atoms with Crippen molar-refractivity contribution in [3.05, 3.63) is 0 Å². The van der Waals surface area contributed by atoms with Crippen molar-refractivity contribution < 1.29 is 9.59 Å².